The molecule has 0 spiro atoms. The maximum Gasteiger partial charge on any atom is -0.00206 e. The molecule has 0 heterocycles. The zero-order chi connectivity index (χ0) is 7.84. The van der Waals surface area contributed by atoms with Gasteiger partial charge < -0.3 is 5.32 Å². The number of rotatable bonds is 3. The Bertz CT molecular complexity index is 142. The minimum Gasteiger partial charge on any atom is -0.319 e. The van der Waals surface area contributed by atoms with E-state index in [0.29, 0.717) is 0 Å². The van der Waals surface area contributed by atoms with E-state index in [1.807, 2.05) is 0 Å². The third-order valence-corrected chi connectivity index (χ3v) is 3.83. The molecule has 0 radical (unpaired) electrons. The van der Waals surface area contributed by atoms with Gasteiger partial charge in [0, 0.05) is 0 Å². The van der Waals surface area contributed by atoms with Crippen LogP contribution in [0.5, 0.6) is 0 Å². The molecule has 0 bridgehead atoms. The Labute approximate surface area is 69.6 Å². The van der Waals surface area contributed by atoms with E-state index in [4.69, 9.17) is 0 Å². The number of hydrogen-bond acceptors (Lipinski definition) is 1. The fourth-order valence-electron chi connectivity index (χ4n) is 3.19. The van der Waals surface area contributed by atoms with Gasteiger partial charge in [0.15, 0.2) is 0 Å². The topological polar surface area (TPSA) is 12.0 Å². The SMILES string of the molecule is CCC1CC2CC(CNC)C12. The lowest BCUT2D eigenvalue weighted by molar-refractivity contribution is -0.0884. The van der Waals surface area contributed by atoms with Crippen molar-refractivity contribution in [3.05, 3.63) is 0 Å². The minimum atomic E-state index is 1.03. The first-order valence-electron chi connectivity index (χ1n) is 5.01. The maximum atomic E-state index is 3.30. The van der Waals surface area contributed by atoms with Crippen molar-refractivity contribution >= 4 is 0 Å². The lowest BCUT2D eigenvalue weighted by Gasteiger charge is -2.58. The molecule has 4 unspecified atom stereocenters. The van der Waals surface area contributed by atoms with Gasteiger partial charge in [-0.15, -0.1) is 0 Å². The Hall–Kier alpha value is -0.0400. The van der Waals surface area contributed by atoms with E-state index < -0.39 is 0 Å². The molecule has 11 heavy (non-hydrogen) atoms. The van der Waals surface area contributed by atoms with Gasteiger partial charge >= 0.3 is 0 Å². The van der Waals surface area contributed by atoms with Crippen LogP contribution in [0.4, 0.5) is 0 Å². The summed E-state index contributed by atoms with van der Waals surface area (Å²) >= 11 is 0. The number of fused-ring (bicyclic) bond motifs is 1. The van der Waals surface area contributed by atoms with Crippen LogP contribution in [0.2, 0.25) is 0 Å². The van der Waals surface area contributed by atoms with Gasteiger partial charge in [-0.25, -0.2) is 0 Å². The summed E-state index contributed by atoms with van der Waals surface area (Å²) in [4.78, 5) is 0. The van der Waals surface area contributed by atoms with Crippen LogP contribution in [-0.2, 0) is 0 Å². The zero-order valence-corrected chi connectivity index (χ0v) is 7.64. The second kappa shape index (κ2) is 2.78. The van der Waals surface area contributed by atoms with Gasteiger partial charge in [0.05, 0.1) is 0 Å². The number of nitrogens with one attached hydrogen (secondary N) is 1. The van der Waals surface area contributed by atoms with Crippen molar-refractivity contribution < 1.29 is 0 Å². The van der Waals surface area contributed by atoms with Crippen molar-refractivity contribution in [3.8, 4) is 0 Å². The van der Waals surface area contributed by atoms with Crippen molar-refractivity contribution in [2.24, 2.45) is 23.7 Å². The monoisotopic (exact) mass is 153 g/mol. The molecular weight excluding hydrogens is 134 g/mol. The summed E-state index contributed by atoms with van der Waals surface area (Å²) in [5, 5.41) is 3.30. The molecule has 0 amide bonds. The van der Waals surface area contributed by atoms with E-state index in [0.717, 1.165) is 23.7 Å². The molecule has 0 aromatic rings. The van der Waals surface area contributed by atoms with E-state index in [1.54, 1.807) is 6.42 Å². The fourth-order valence-corrected chi connectivity index (χ4v) is 3.19. The molecule has 0 aromatic heterocycles. The first-order valence-corrected chi connectivity index (χ1v) is 5.01. The van der Waals surface area contributed by atoms with Crippen LogP contribution in [0.3, 0.4) is 0 Å². The van der Waals surface area contributed by atoms with E-state index in [2.05, 4.69) is 19.3 Å². The molecule has 0 aromatic carbocycles. The molecule has 0 aliphatic heterocycles. The van der Waals surface area contributed by atoms with Crippen LogP contribution in [-0.4, -0.2) is 13.6 Å². The normalized spacial score (nSPS) is 47.5. The molecule has 2 aliphatic rings. The maximum absolute atomic E-state index is 3.30. The Morgan fingerprint density at radius 3 is 2.55 bits per heavy atom. The van der Waals surface area contributed by atoms with Crippen LogP contribution in [0.25, 0.3) is 0 Å². The van der Waals surface area contributed by atoms with Crippen LogP contribution < -0.4 is 5.32 Å². The van der Waals surface area contributed by atoms with Gasteiger partial charge in [0.2, 0.25) is 0 Å². The highest BCUT2D eigenvalue weighted by atomic mass is 14.8. The van der Waals surface area contributed by atoms with Gasteiger partial charge in [0.1, 0.15) is 0 Å². The third kappa shape index (κ3) is 1.01. The standard InChI is InChI=1S/C10H19N/c1-3-7-4-8-5-9(6-11-2)10(7)8/h7-11H,3-6H2,1-2H3. The molecule has 2 aliphatic carbocycles. The molecule has 2 rings (SSSR count). The highest BCUT2D eigenvalue weighted by Gasteiger charge is 2.52. The Morgan fingerprint density at radius 1 is 1.27 bits per heavy atom. The highest BCUT2D eigenvalue weighted by molar-refractivity contribution is 5.01. The summed E-state index contributed by atoms with van der Waals surface area (Å²) in [7, 11) is 2.08. The molecule has 64 valence electrons. The van der Waals surface area contributed by atoms with Gasteiger partial charge in [-0.1, -0.05) is 13.3 Å². The number of hydrogen-bond donors (Lipinski definition) is 1. The molecular formula is C10H19N. The molecule has 1 N–H and O–H groups in total. The summed E-state index contributed by atoms with van der Waals surface area (Å²) in [5.74, 6) is 4.38. The Kier molecular flexibility index (Phi) is 1.92. The smallest absolute Gasteiger partial charge is 0.00206 e. The van der Waals surface area contributed by atoms with Crippen LogP contribution in [0.15, 0.2) is 0 Å². The quantitative estimate of drug-likeness (QED) is 0.653. The summed E-state index contributed by atoms with van der Waals surface area (Å²) < 4.78 is 0. The molecule has 4 atom stereocenters. The van der Waals surface area contributed by atoms with Crippen LogP contribution >= 0.6 is 0 Å². The second-order valence-corrected chi connectivity index (χ2v) is 4.29. The first kappa shape index (κ1) is 7.60. The average Bonchev–Trinajstić information content (AvgIpc) is 1.97. The molecule has 1 heteroatoms. The van der Waals surface area contributed by atoms with Crippen molar-refractivity contribution in [3.63, 3.8) is 0 Å². The lowest BCUT2D eigenvalue weighted by atomic mass is 9.47. The van der Waals surface area contributed by atoms with Gasteiger partial charge in [-0.2, -0.15) is 0 Å². The fraction of sp³-hybridized carbons (Fsp3) is 1.00. The van der Waals surface area contributed by atoms with Crippen molar-refractivity contribution in [2.75, 3.05) is 13.6 Å². The zero-order valence-electron chi connectivity index (χ0n) is 7.64. The first-order chi connectivity index (χ1) is 5.36. The van der Waals surface area contributed by atoms with Crippen LogP contribution in [0.1, 0.15) is 26.2 Å². The van der Waals surface area contributed by atoms with Crippen molar-refractivity contribution in [1.82, 2.24) is 5.32 Å². The summed E-state index contributed by atoms with van der Waals surface area (Å²) in [6.07, 6.45) is 4.48. The second-order valence-electron chi connectivity index (χ2n) is 4.29. The average molecular weight is 153 g/mol. The Balaban J connectivity index is 1.81. The predicted octanol–water partition coefficient (Wildman–Crippen LogP) is 1.89. The van der Waals surface area contributed by atoms with E-state index >= 15 is 0 Å². The molecule has 2 fully saturated rings. The van der Waals surface area contributed by atoms with Gasteiger partial charge in [0.25, 0.3) is 0 Å². The molecule has 0 saturated heterocycles. The Morgan fingerprint density at radius 2 is 2.00 bits per heavy atom. The molecule has 2 saturated carbocycles. The lowest BCUT2D eigenvalue weighted by Crippen LogP contribution is -2.53. The molecule has 1 nitrogen and oxygen atoms in total. The van der Waals surface area contributed by atoms with E-state index in [-0.39, 0.29) is 0 Å². The minimum absolute atomic E-state index is 1.03. The third-order valence-electron chi connectivity index (χ3n) is 3.83. The highest BCUT2D eigenvalue weighted by Crippen LogP contribution is 2.58. The van der Waals surface area contributed by atoms with Crippen molar-refractivity contribution in [1.29, 1.82) is 0 Å². The summed E-state index contributed by atoms with van der Waals surface area (Å²) in [6.45, 7) is 3.60. The van der Waals surface area contributed by atoms with Gasteiger partial charge in [-0.3, -0.25) is 0 Å². The predicted molar refractivity (Wildman–Crippen MR) is 47.4 cm³/mol. The van der Waals surface area contributed by atoms with Gasteiger partial charge in [-0.05, 0) is 50.1 Å². The van der Waals surface area contributed by atoms with E-state index in [9.17, 15) is 0 Å². The summed E-state index contributed by atoms with van der Waals surface area (Å²) in [6, 6.07) is 0. The largest absolute Gasteiger partial charge is 0.319 e. The van der Waals surface area contributed by atoms with Crippen molar-refractivity contribution in [2.45, 2.75) is 26.2 Å². The van der Waals surface area contributed by atoms with Crippen LogP contribution in [0, 0.1) is 23.7 Å². The summed E-state index contributed by atoms with van der Waals surface area (Å²) in [5.41, 5.74) is 0. The van der Waals surface area contributed by atoms with E-state index in [1.165, 1.54) is 19.4 Å².